The molecule has 0 bridgehead atoms. The van der Waals surface area contributed by atoms with Crippen molar-refractivity contribution in [3.63, 3.8) is 0 Å². The van der Waals surface area contributed by atoms with Crippen LogP contribution >= 0.6 is 11.6 Å². The molecule has 110 valence electrons. The predicted octanol–water partition coefficient (Wildman–Crippen LogP) is 4.75. The van der Waals surface area contributed by atoms with E-state index in [-0.39, 0.29) is 5.82 Å². The molecule has 3 rings (SSSR count). The van der Waals surface area contributed by atoms with E-state index in [0.29, 0.717) is 22.1 Å². The summed E-state index contributed by atoms with van der Waals surface area (Å²) in [6.07, 6.45) is 1.96. The van der Waals surface area contributed by atoms with E-state index in [4.69, 9.17) is 11.6 Å². The zero-order valence-corrected chi connectivity index (χ0v) is 12.3. The second-order valence-electron chi connectivity index (χ2n) is 5.42. The van der Waals surface area contributed by atoms with Gasteiger partial charge in [-0.2, -0.15) is 0 Å². The van der Waals surface area contributed by atoms with E-state index in [1.807, 2.05) is 6.07 Å². The lowest BCUT2D eigenvalue weighted by Crippen LogP contribution is -2.26. The van der Waals surface area contributed by atoms with Gasteiger partial charge < -0.3 is 5.32 Å². The fourth-order valence-corrected chi connectivity index (χ4v) is 3.04. The molecule has 21 heavy (non-hydrogen) atoms. The second-order valence-corrected chi connectivity index (χ2v) is 5.86. The van der Waals surface area contributed by atoms with Gasteiger partial charge in [0.25, 0.3) is 0 Å². The van der Waals surface area contributed by atoms with Crippen molar-refractivity contribution in [3.8, 4) is 11.1 Å². The normalized spacial score (nSPS) is 16.1. The molecule has 1 fully saturated rings. The molecule has 1 saturated heterocycles. The monoisotopic (exact) mass is 307 g/mol. The van der Waals surface area contributed by atoms with E-state index >= 15 is 0 Å². The molecule has 0 aliphatic carbocycles. The van der Waals surface area contributed by atoms with Gasteiger partial charge in [-0.25, -0.2) is 8.78 Å². The molecule has 0 aromatic heterocycles. The van der Waals surface area contributed by atoms with Gasteiger partial charge in [0, 0.05) is 10.6 Å². The Hall–Kier alpha value is -1.45. The van der Waals surface area contributed by atoms with Crippen LogP contribution < -0.4 is 5.32 Å². The van der Waals surface area contributed by atoms with Crippen LogP contribution in [-0.2, 0) is 0 Å². The fourth-order valence-electron chi connectivity index (χ4n) is 2.88. The molecule has 0 unspecified atom stereocenters. The minimum atomic E-state index is -0.427. The number of nitrogens with one attached hydrogen (secondary N) is 1. The van der Waals surface area contributed by atoms with Gasteiger partial charge in [-0.3, -0.25) is 0 Å². The van der Waals surface area contributed by atoms with Crippen LogP contribution in [0, 0.1) is 11.6 Å². The van der Waals surface area contributed by atoms with Crippen molar-refractivity contribution >= 4 is 11.6 Å². The van der Waals surface area contributed by atoms with Gasteiger partial charge in [-0.1, -0.05) is 17.7 Å². The van der Waals surface area contributed by atoms with Crippen molar-refractivity contribution in [2.45, 2.75) is 18.8 Å². The smallest absolute Gasteiger partial charge is 0.132 e. The van der Waals surface area contributed by atoms with Gasteiger partial charge in [-0.05, 0) is 73.3 Å². The Kier molecular flexibility index (Phi) is 4.22. The summed E-state index contributed by atoms with van der Waals surface area (Å²) in [6.45, 7) is 1.87. The van der Waals surface area contributed by atoms with E-state index in [1.165, 1.54) is 12.1 Å². The highest BCUT2D eigenvalue weighted by Crippen LogP contribution is 2.32. The lowest BCUT2D eigenvalue weighted by molar-refractivity contribution is 0.458. The summed E-state index contributed by atoms with van der Waals surface area (Å²) in [5.74, 6) is -0.421. The molecule has 1 aliphatic rings. The summed E-state index contributed by atoms with van der Waals surface area (Å²) in [5, 5.41) is 3.63. The Morgan fingerprint density at radius 2 is 1.76 bits per heavy atom. The van der Waals surface area contributed by atoms with E-state index in [9.17, 15) is 8.78 Å². The molecule has 2 aromatic carbocycles. The molecule has 4 heteroatoms. The van der Waals surface area contributed by atoms with Crippen LogP contribution in [0.4, 0.5) is 8.78 Å². The number of rotatable bonds is 2. The zero-order chi connectivity index (χ0) is 14.8. The van der Waals surface area contributed by atoms with E-state index in [1.54, 1.807) is 18.2 Å². The first kappa shape index (κ1) is 14.5. The minimum Gasteiger partial charge on any atom is -0.317 e. The Balaban J connectivity index is 2.00. The maximum atomic E-state index is 14.0. The summed E-state index contributed by atoms with van der Waals surface area (Å²) in [7, 11) is 0. The highest BCUT2D eigenvalue weighted by atomic mass is 35.5. The zero-order valence-electron chi connectivity index (χ0n) is 11.5. The maximum absolute atomic E-state index is 14.0. The molecule has 1 N–H and O–H groups in total. The van der Waals surface area contributed by atoms with Gasteiger partial charge in [0.05, 0.1) is 0 Å². The number of piperidine rings is 1. The predicted molar refractivity (Wildman–Crippen MR) is 81.6 cm³/mol. The molecule has 1 nitrogen and oxygen atoms in total. The van der Waals surface area contributed by atoms with Crippen LogP contribution in [0.3, 0.4) is 0 Å². The Morgan fingerprint density at radius 1 is 1.00 bits per heavy atom. The second kappa shape index (κ2) is 6.12. The van der Waals surface area contributed by atoms with Crippen molar-refractivity contribution in [3.05, 3.63) is 58.6 Å². The first-order valence-corrected chi connectivity index (χ1v) is 7.48. The van der Waals surface area contributed by atoms with Gasteiger partial charge in [0.1, 0.15) is 11.6 Å². The summed E-state index contributed by atoms with van der Waals surface area (Å²) in [6, 6.07) is 9.30. The average Bonchev–Trinajstić information content (AvgIpc) is 2.47. The van der Waals surface area contributed by atoms with Crippen LogP contribution in [0.5, 0.6) is 0 Å². The lowest BCUT2D eigenvalue weighted by Gasteiger charge is -2.23. The van der Waals surface area contributed by atoms with Crippen LogP contribution in [0.15, 0.2) is 36.4 Å². The number of halogens is 3. The molecule has 0 amide bonds. The number of benzene rings is 2. The molecule has 2 aromatic rings. The topological polar surface area (TPSA) is 12.0 Å². The molecule has 1 heterocycles. The van der Waals surface area contributed by atoms with Crippen LogP contribution in [0.1, 0.15) is 24.3 Å². The number of hydrogen-bond donors (Lipinski definition) is 1. The molecule has 0 radical (unpaired) electrons. The minimum absolute atomic E-state index is 0.324. The quantitative estimate of drug-likeness (QED) is 0.844. The van der Waals surface area contributed by atoms with Crippen LogP contribution in [0.2, 0.25) is 5.02 Å². The summed E-state index contributed by atoms with van der Waals surface area (Å²) in [4.78, 5) is 0. The summed E-state index contributed by atoms with van der Waals surface area (Å²) < 4.78 is 27.9. The maximum Gasteiger partial charge on any atom is 0.132 e. The molecular weight excluding hydrogens is 292 g/mol. The average molecular weight is 308 g/mol. The standard InChI is InChI=1S/C17H16ClF2N/c18-14-1-2-16(17(20)10-14)13-7-12(8-15(19)9-13)11-3-5-21-6-4-11/h1-2,7-11,21H,3-6H2. The van der Waals surface area contributed by atoms with Crippen molar-refractivity contribution < 1.29 is 8.78 Å². The van der Waals surface area contributed by atoms with Gasteiger partial charge in [-0.15, -0.1) is 0 Å². The molecule has 1 aliphatic heterocycles. The third-order valence-corrected chi connectivity index (χ3v) is 4.21. The molecule has 0 atom stereocenters. The van der Waals surface area contributed by atoms with E-state index in [2.05, 4.69) is 5.32 Å². The van der Waals surface area contributed by atoms with Crippen molar-refractivity contribution in [2.24, 2.45) is 0 Å². The first-order chi connectivity index (χ1) is 10.1. The van der Waals surface area contributed by atoms with Crippen molar-refractivity contribution in [2.75, 3.05) is 13.1 Å². The molecular formula is C17H16ClF2N. The van der Waals surface area contributed by atoms with Crippen molar-refractivity contribution in [1.82, 2.24) is 5.32 Å². The Bertz CT molecular complexity index is 651. The van der Waals surface area contributed by atoms with Gasteiger partial charge >= 0.3 is 0 Å². The first-order valence-electron chi connectivity index (χ1n) is 7.10. The van der Waals surface area contributed by atoms with Crippen LogP contribution in [-0.4, -0.2) is 13.1 Å². The van der Waals surface area contributed by atoms with Gasteiger partial charge in [0.2, 0.25) is 0 Å². The lowest BCUT2D eigenvalue weighted by atomic mass is 9.88. The summed E-state index contributed by atoms with van der Waals surface area (Å²) in [5.41, 5.74) is 1.90. The van der Waals surface area contributed by atoms with E-state index in [0.717, 1.165) is 31.5 Å². The SMILES string of the molecule is Fc1cc(-c2ccc(Cl)cc2F)cc(C2CCNCC2)c1. The molecule has 0 spiro atoms. The highest BCUT2D eigenvalue weighted by molar-refractivity contribution is 6.30. The number of hydrogen-bond acceptors (Lipinski definition) is 1. The third-order valence-electron chi connectivity index (χ3n) is 3.97. The Labute approximate surface area is 127 Å². The van der Waals surface area contributed by atoms with Gasteiger partial charge in [0.15, 0.2) is 0 Å². The molecule has 0 saturated carbocycles. The largest absolute Gasteiger partial charge is 0.317 e. The van der Waals surface area contributed by atoms with Crippen LogP contribution in [0.25, 0.3) is 11.1 Å². The summed E-state index contributed by atoms with van der Waals surface area (Å²) >= 11 is 5.77. The Morgan fingerprint density at radius 3 is 2.48 bits per heavy atom. The van der Waals surface area contributed by atoms with E-state index < -0.39 is 5.82 Å². The fraction of sp³-hybridized carbons (Fsp3) is 0.294. The highest BCUT2D eigenvalue weighted by Gasteiger charge is 2.17. The van der Waals surface area contributed by atoms with Crippen molar-refractivity contribution in [1.29, 1.82) is 0 Å². The third kappa shape index (κ3) is 3.25.